The molecule has 0 bridgehead atoms. The lowest BCUT2D eigenvalue weighted by Crippen LogP contribution is -2.52. The van der Waals surface area contributed by atoms with Gasteiger partial charge in [0.1, 0.15) is 0 Å². The van der Waals surface area contributed by atoms with Gasteiger partial charge in [-0.15, -0.1) is 0 Å². The number of carbonyl (C=O) groups is 1. The molecule has 1 amide bonds. The first kappa shape index (κ1) is 14.5. The van der Waals surface area contributed by atoms with Crippen LogP contribution in [0.3, 0.4) is 0 Å². The number of amides is 1. The van der Waals surface area contributed by atoms with Crippen LogP contribution in [0.2, 0.25) is 0 Å². The number of likely N-dealkylation sites (tertiary alicyclic amines) is 1. The average Bonchev–Trinajstić information content (AvgIpc) is 2.32. The number of aliphatic hydroxyl groups is 1. The summed E-state index contributed by atoms with van der Waals surface area (Å²) in [6.07, 6.45) is 2.89. The molecule has 0 atom stereocenters. The highest BCUT2D eigenvalue weighted by Crippen LogP contribution is 2.30. The number of nitrogens with two attached hydrogens (primary N) is 1. The summed E-state index contributed by atoms with van der Waals surface area (Å²) in [5.41, 5.74) is 4.78. The van der Waals surface area contributed by atoms with Crippen molar-refractivity contribution in [1.29, 1.82) is 0 Å². The third-order valence-electron chi connectivity index (χ3n) is 4.33. The largest absolute Gasteiger partial charge is 0.390 e. The molecule has 0 spiro atoms. The van der Waals surface area contributed by atoms with Gasteiger partial charge in [0.05, 0.1) is 11.0 Å². The van der Waals surface area contributed by atoms with Gasteiger partial charge in [0, 0.05) is 19.6 Å². The predicted molar refractivity (Wildman–Crippen MR) is 68.5 cm³/mol. The number of hydrogen-bond acceptors (Lipinski definition) is 3. The lowest BCUT2D eigenvalue weighted by molar-refractivity contribution is -0.146. The summed E-state index contributed by atoms with van der Waals surface area (Å²) in [5.74, 6) is 0.167. The van der Waals surface area contributed by atoms with Crippen molar-refractivity contribution in [3.05, 3.63) is 0 Å². The van der Waals surface area contributed by atoms with Crippen LogP contribution in [0.25, 0.3) is 0 Å². The fourth-order valence-electron chi connectivity index (χ4n) is 2.46. The topological polar surface area (TPSA) is 66.6 Å². The number of carbonyl (C=O) groups excluding carboxylic acids is 1. The van der Waals surface area contributed by atoms with E-state index in [0.717, 1.165) is 12.8 Å². The molecule has 1 aliphatic heterocycles. The Labute approximate surface area is 104 Å². The van der Waals surface area contributed by atoms with Gasteiger partial charge in [-0.3, -0.25) is 4.79 Å². The lowest BCUT2D eigenvalue weighted by atomic mass is 9.80. The minimum atomic E-state index is -0.611. The first-order valence-electron chi connectivity index (χ1n) is 6.62. The quantitative estimate of drug-likeness (QED) is 0.776. The fraction of sp³-hybridized carbons (Fsp3) is 0.923. The van der Waals surface area contributed by atoms with E-state index in [1.165, 1.54) is 0 Å². The first-order valence-corrected chi connectivity index (χ1v) is 6.62. The summed E-state index contributed by atoms with van der Waals surface area (Å²) < 4.78 is 0. The summed E-state index contributed by atoms with van der Waals surface area (Å²) in [4.78, 5) is 14.4. The van der Waals surface area contributed by atoms with Gasteiger partial charge in [-0.2, -0.15) is 0 Å². The maximum Gasteiger partial charge on any atom is 0.230 e. The van der Waals surface area contributed by atoms with E-state index in [9.17, 15) is 9.90 Å². The molecule has 4 heteroatoms. The molecule has 100 valence electrons. The SMILES string of the molecule is CCC(CC)(CN)C(=O)N1CCC(C)(O)CC1. The van der Waals surface area contributed by atoms with Gasteiger partial charge in [0.25, 0.3) is 0 Å². The van der Waals surface area contributed by atoms with E-state index < -0.39 is 11.0 Å². The van der Waals surface area contributed by atoms with E-state index in [2.05, 4.69) is 0 Å². The van der Waals surface area contributed by atoms with Crippen LogP contribution in [0, 0.1) is 5.41 Å². The summed E-state index contributed by atoms with van der Waals surface area (Å²) in [6.45, 7) is 7.58. The second kappa shape index (κ2) is 5.36. The van der Waals surface area contributed by atoms with Crippen molar-refractivity contribution >= 4 is 5.91 Å². The molecule has 4 nitrogen and oxygen atoms in total. The number of nitrogens with zero attached hydrogens (tertiary/aromatic N) is 1. The Bertz CT molecular complexity index is 254. The second-order valence-corrected chi connectivity index (χ2v) is 5.48. The van der Waals surface area contributed by atoms with E-state index in [1.807, 2.05) is 25.7 Å². The molecule has 17 heavy (non-hydrogen) atoms. The summed E-state index contributed by atoms with van der Waals surface area (Å²) in [5, 5.41) is 9.89. The minimum Gasteiger partial charge on any atom is -0.390 e. The predicted octanol–water partition coefficient (Wildman–Crippen LogP) is 1.12. The van der Waals surface area contributed by atoms with Crippen LogP contribution in [0.4, 0.5) is 0 Å². The molecule has 0 unspecified atom stereocenters. The van der Waals surface area contributed by atoms with Crippen molar-refractivity contribution in [1.82, 2.24) is 4.90 Å². The standard InChI is InChI=1S/C13H26N2O2/c1-4-13(5-2,10-14)11(16)15-8-6-12(3,17)7-9-15/h17H,4-10,14H2,1-3H3. The zero-order chi connectivity index (χ0) is 13.1. The zero-order valence-corrected chi connectivity index (χ0v) is 11.3. The van der Waals surface area contributed by atoms with E-state index in [4.69, 9.17) is 5.73 Å². The van der Waals surface area contributed by atoms with E-state index >= 15 is 0 Å². The monoisotopic (exact) mass is 242 g/mol. The molecule has 1 fully saturated rings. The van der Waals surface area contributed by atoms with Gasteiger partial charge in [0.2, 0.25) is 5.91 Å². The third kappa shape index (κ3) is 2.99. The Hall–Kier alpha value is -0.610. The summed E-state index contributed by atoms with van der Waals surface area (Å²) >= 11 is 0. The lowest BCUT2D eigenvalue weighted by Gasteiger charge is -2.41. The molecule has 0 aliphatic carbocycles. The van der Waals surface area contributed by atoms with Crippen molar-refractivity contribution < 1.29 is 9.90 Å². The number of rotatable bonds is 4. The Morgan fingerprint density at radius 2 is 1.82 bits per heavy atom. The maximum atomic E-state index is 12.5. The fourth-order valence-corrected chi connectivity index (χ4v) is 2.46. The van der Waals surface area contributed by atoms with E-state index in [-0.39, 0.29) is 5.91 Å². The molecule has 1 aliphatic rings. The van der Waals surface area contributed by atoms with Crippen molar-refractivity contribution in [3.8, 4) is 0 Å². The molecular weight excluding hydrogens is 216 g/mol. The van der Waals surface area contributed by atoms with Crippen LogP contribution in [0.5, 0.6) is 0 Å². The van der Waals surface area contributed by atoms with Crippen LogP contribution in [0.15, 0.2) is 0 Å². The van der Waals surface area contributed by atoms with Crippen LogP contribution < -0.4 is 5.73 Å². The molecule has 0 radical (unpaired) electrons. The van der Waals surface area contributed by atoms with Gasteiger partial charge < -0.3 is 15.7 Å². The summed E-state index contributed by atoms with van der Waals surface area (Å²) in [6, 6.07) is 0. The van der Waals surface area contributed by atoms with Crippen molar-refractivity contribution in [2.24, 2.45) is 11.1 Å². The molecule has 0 aromatic rings. The normalized spacial score (nSPS) is 20.4. The third-order valence-corrected chi connectivity index (χ3v) is 4.33. The zero-order valence-electron chi connectivity index (χ0n) is 11.3. The summed E-state index contributed by atoms with van der Waals surface area (Å²) in [7, 11) is 0. The molecule has 1 rings (SSSR count). The minimum absolute atomic E-state index is 0.167. The van der Waals surface area contributed by atoms with Crippen molar-refractivity contribution in [2.45, 2.75) is 52.1 Å². The molecular formula is C13H26N2O2. The average molecular weight is 242 g/mol. The highest BCUT2D eigenvalue weighted by atomic mass is 16.3. The highest BCUT2D eigenvalue weighted by Gasteiger charge is 2.39. The number of piperidine rings is 1. The van der Waals surface area contributed by atoms with Gasteiger partial charge >= 0.3 is 0 Å². The van der Waals surface area contributed by atoms with Crippen LogP contribution >= 0.6 is 0 Å². The second-order valence-electron chi connectivity index (χ2n) is 5.48. The van der Waals surface area contributed by atoms with E-state index in [1.54, 1.807) is 0 Å². The molecule has 3 N–H and O–H groups in total. The smallest absolute Gasteiger partial charge is 0.230 e. The molecule has 1 heterocycles. The number of hydrogen-bond donors (Lipinski definition) is 2. The Morgan fingerprint density at radius 3 is 2.18 bits per heavy atom. The first-order chi connectivity index (χ1) is 7.90. The molecule has 0 saturated carbocycles. The van der Waals surface area contributed by atoms with Crippen LogP contribution in [0.1, 0.15) is 46.5 Å². The van der Waals surface area contributed by atoms with Crippen LogP contribution in [-0.2, 0) is 4.79 Å². The Balaban J connectivity index is 2.70. The van der Waals surface area contributed by atoms with E-state index in [0.29, 0.717) is 32.5 Å². The van der Waals surface area contributed by atoms with Crippen molar-refractivity contribution in [3.63, 3.8) is 0 Å². The Morgan fingerprint density at radius 1 is 1.35 bits per heavy atom. The molecule has 1 saturated heterocycles. The molecule has 0 aromatic heterocycles. The van der Waals surface area contributed by atoms with Gasteiger partial charge in [-0.1, -0.05) is 13.8 Å². The Kier molecular flexibility index (Phi) is 4.55. The van der Waals surface area contributed by atoms with Crippen molar-refractivity contribution in [2.75, 3.05) is 19.6 Å². The highest BCUT2D eigenvalue weighted by molar-refractivity contribution is 5.83. The van der Waals surface area contributed by atoms with Gasteiger partial charge in [-0.25, -0.2) is 0 Å². The van der Waals surface area contributed by atoms with Crippen LogP contribution in [-0.4, -0.2) is 41.1 Å². The maximum absolute atomic E-state index is 12.5. The van der Waals surface area contributed by atoms with Gasteiger partial charge in [-0.05, 0) is 32.6 Å². The molecule has 0 aromatic carbocycles. The van der Waals surface area contributed by atoms with Gasteiger partial charge in [0.15, 0.2) is 0 Å².